The van der Waals surface area contributed by atoms with Gasteiger partial charge in [0.2, 0.25) is 0 Å². The van der Waals surface area contributed by atoms with Crippen molar-refractivity contribution in [1.82, 2.24) is 0 Å². The Kier molecular flexibility index (Phi) is 7.53. The van der Waals surface area contributed by atoms with Crippen LogP contribution in [0.15, 0.2) is 71.9 Å². The minimum atomic E-state index is -0.792. The van der Waals surface area contributed by atoms with Crippen molar-refractivity contribution in [2.75, 3.05) is 19.0 Å². The van der Waals surface area contributed by atoms with Crippen LogP contribution in [-0.4, -0.2) is 25.8 Å². The van der Waals surface area contributed by atoms with Gasteiger partial charge in [0.05, 0.1) is 13.3 Å². The molecule has 0 aliphatic heterocycles. The number of methoxy groups -OCH3 is 1. The average molecular weight is 426 g/mol. The van der Waals surface area contributed by atoms with Crippen molar-refractivity contribution in [2.24, 2.45) is 5.16 Å². The summed E-state index contributed by atoms with van der Waals surface area (Å²) in [5.74, 6) is -1.10. The van der Waals surface area contributed by atoms with Gasteiger partial charge in [0.1, 0.15) is 18.2 Å². The minimum Gasteiger partial charge on any atom is -0.493 e. The van der Waals surface area contributed by atoms with Crippen molar-refractivity contribution in [2.45, 2.75) is 6.61 Å². The highest BCUT2D eigenvalue weighted by atomic mass is 19.1. The highest BCUT2D eigenvalue weighted by molar-refractivity contribution is 5.91. The molecule has 8 heteroatoms. The molecule has 0 aliphatic rings. The molecule has 0 bridgehead atoms. The number of ether oxygens (including phenoxy) is 2. The number of anilines is 1. The minimum absolute atomic E-state index is 0.00842. The van der Waals surface area contributed by atoms with Crippen molar-refractivity contribution in [1.29, 1.82) is 0 Å². The lowest BCUT2D eigenvalue weighted by atomic mass is 10.2. The molecule has 3 aromatic rings. The van der Waals surface area contributed by atoms with E-state index in [1.807, 2.05) is 30.3 Å². The molecule has 0 aromatic heterocycles. The van der Waals surface area contributed by atoms with Crippen LogP contribution in [-0.2, 0) is 16.2 Å². The summed E-state index contributed by atoms with van der Waals surface area (Å²) in [6, 6.07) is 17.7. The van der Waals surface area contributed by atoms with E-state index in [-0.39, 0.29) is 5.69 Å². The SMILES string of the molecule is COc1cc(/C=N/OCC(=O)Nc2cc(F)cc(F)c2)ccc1OCc1ccccc1. The average Bonchev–Trinajstić information content (AvgIpc) is 2.75. The first-order valence-corrected chi connectivity index (χ1v) is 9.29. The Morgan fingerprint density at radius 1 is 1.00 bits per heavy atom. The second-order valence-corrected chi connectivity index (χ2v) is 6.40. The Balaban J connectivity index is 1.51. The zero-order chi connectivity index (χ0) is 22.1. The summed E-state index contributed by atoms with van der Waals surface area (Å²) in [6.07, 6.45) is 1.40. The van der Waals surface area contributed by atoms with E-state index in [0.29, 0.717) is 29.7 Å². The van der Waals surface area contributed by atoms with Crippen LogP contribution < -0.4 is 14.8 Å². The van der Waals surface area contributed by atoms with Gasteiger partial charge in [0.25, 0.3) is 5.91 Å². The third-order valence-electron chi connectivity index (χ3n) is 4.04. The monoisotopic (exact) mass is 426 g/mol. The number of carbonyl (C=O) groups excluding carboxylic acids is 1. The van der Waals surface area contributed by atoms with E-state index in [1.54, 1.807) is 18.2 Å². The van der Waals surface area contributed by atoms with Crippen molar-refractivity contribution in [3.8, 4) is 11.5 Å². The second-order valence-electron chi connectivity index (χ2n) is 6.40. The molecule has 1 amide bonds. The molecule has 31 heavy (non-hydrogen) atoms. The van der Waals surface area contributed by atoms with Gasteiger partial charge >= 0.3 is 0 Å². The van der Waals surface area contributed by atoms with Crippen molar-refractivity contribution in [3.63, 3.8) is 0 Å². The highest BCUT2D eigenvalue weighted by Crippen LogP contribution is 2.28. The lowest BCUT2D eigenvalue weighted by Crippen LogP contribution is -2.17. The maximum atomic E-state index is 13.1. The van der Waals surface area contributed by atoms with Crippen molar-refractivity contribution in [3.05, 3.63) is 89.5 Å². The Labute approximate surface area is 178 Å². The summed E-state index contributed by atoms with van der Waals surface area (Å²) in [7, 11) is 1.53. The van der Waals surface area contributed by atoms with Crippen LogP contribution in [0.1, 0.15) is 11.1 Å². The summed E-state index contributed by atoms with van der Waals surface area (Å²) in [5, 5.41) is 6.05. The molecule has 160 valence electrons. The van der Waals surface area contributed by atoms with Gasteiger partial charge in [-0.05, 0) is 35.9 Å². The molecular weight excluding hydrogens is 406 g/mol. The second kappa shape index (κ2) is 10.7. The molecule has 0 saturated heterocycles. The normalized spacial score (nSPS) is 10.7. The molecule has 1 N–H and O–H groups in total. The topological polar surface area (TPSA) is 69.2 Å². The molecule has 0 saturated carbocycles. The third-order valence-corrected chi connectivity index (χ3v) is 4.04. The Hall–Kier alpha value is -3.94. The molecule has 6 nitrogen and oxygen atoms in total. The van der Waals surface area contributed by atoms with Crippen LogP contribution in [0.25, 0.3) is 0 Å². The van der Waals surface area contributed by atoms with Crippen molar-refractivity contribution >= 4 is 17.8 Å². The molecule has 0 aliphatic carbocycles. The lowest BCUT2D eigenvalue weighted by molar-refractivity contribution is -0.120. The van der Waals surface area contributed by atoms with Gasteiger partial charge < -0.3 is 19.6 Å². The third kappa shape index (κ3) is 6.81. The van der Waals surface area contributed by atoms with Crippen LogP contribution in [0.3, 0.4) is 0 Å². The summed E-state index contributed by atoms with van der Waals surface area (Å²) in [5.41, 5.74) is 1.69. The lowest BCUT2D eigenvalue weighted by Gasteiger charge is -2.11. The molecule has 3 aromatic carbocycles. The number of hydrogen-bond acceptors (Lipinski definition) is 5. The number of nitrogens with zero attached hydrogens (tertiary/aromatic N) is 1. The number of rotatable bonds is 9. The van der Waals surface area contributed by atoms with E-state index < -0.39 is 24.1 Å². The first kappa shape index (κ1) is 21.8. The smallest absolute Gasteiger partial charge is 0.265 e. The van der Waals surface area contributed by atoms with Crippen LogP contribution in [0.4, 0.5) is 14.5 Å². The molecular formula is C23H20F2N2O4. The first-order valence-electron chi connectivity index (χ1n) is 9.29. The fourth-order valence-electron chi connectivity index (χ4n) is 2.64. The van der Waals surface area contributed by atoms with E-state index in [4.69, 9.17) is 14.3 Å². The van der Waals surface area contributed by atoms with Gasteiger partial charge in [-0.1, -0.05) is 35.5 Å². The van der Waals surface area contributed by atoms with E-state index in [9.17, 15) is 13.6 Å². The van der Waals surface area contributed by atoms with E-state index >= 15 is 0 Å². The predicted molar refractivity (Wildman–Crippen MR) is 112 cm³/mol. The maximum Gasteiger partial charge on any atom is 0.265 e. The Morgan fingerprint density at radius 3 is 2.45 bits per heavy atom. The maximum absolute atomic E-state index is 13.1. The fraction of sp³-hybridized carbons (Fsp3) is 0.130. The number of amides is 1. The van der Waals surface area contributed by atoms with Crippen LogP contribution in [0.2, 0.25) is 0 Å². The number of halogens is 2. The van der Waals surface area contributed by atoms with Crippen LogP contribution >= 0.6 is 0 Å². The molecule has 0 atom stereocenters. The largest absolute Gasteiger partial charge is 0.493 e. The van der Waals surface area contributed by atoms with Gasteiger partial charge in [0, 0.05) is 17.3 Å². The van der Waals surface area contributed by atoms with Gasteiger partial charge in [-0.25, -0.2) is 8.78 Å². The number of hydrogen-bond donors (Lipinski definition) is 1. The summed E-state index contributed by atoms with van der Waals surface area (Å²) >= 11 is 0. The highest BCUT2D eigenvalue weighted by Gasteiger charge is 2.07. The molecule has 0 unspecified atom stereocenters. The quantitative estimate of drug-likeness (QED) is 0.403. The van der Waals surface area contributed by atoms with Crippen LogP contribution in [0.5, 0.6) is 11.5 Å². The molecule has 0 spiro atoms. The zero-order valence-electron chi connectivity index (χ0n) is 16.7. The van der Waals surface area contributed by atoms with Gasteiger partial charge in [-0.3, -0.25) is 4.79 Å². The predicted octanol–water partition coefficient (Wildman–Crippen LogP) is 4.54. The van der Waals surface area contributed by atoms with Gasteiger partial charge in [0.15, 0.2) is 18.1 Å². The molecule has 0 fully saturated rings. The number of oxime groups is 1. The molecule has 0 radical (unpaired) electrons. The number of carbonyl (C=O) groups is 1. The van der Waals surface area contributed by atoms with E-state index in [2.05, 4.69) is 10.5 Å². The number of nitrogens with one attached hydrogen (secondary N) is 1. The summed E-state index contributed by atoms with van der Waals surface area (Å²) in [6.45, 7) is -0.0257. The first-order chi connectivity index (χ1) is 15.0. The number of benzene rings is 3. The van der Waals surface area contributed by atoms with Gasteiger partial charge in [-0.2, -0.15) is 0 Å². The van der Waals surface area contributed by atoms with Gasteiger partial charge in [-0.15, -0.1) is 0 Å². The Morgan fingerprint density at radius 2 is 1.74 bits per heavy atom. The van der Waals surface area contributed by atoms with E-state index in [0.717, 1.165) is 17.7 Å². The standard InChI is InChI=1S/C23H20F2N2O4/c1-29-22-9-17(7-8-21(22)30-14-16-5-3-2-4-6-16)13-26-31-15-23(28)27-20-11-18(24)10-19(25)12-20/h2-13H,14-15H2,1H3,(H,27,28)/b26-13+. The molecule has 3 rings (SSSR count). The Bertz CT molecular complexity index is 1040. The van der Waals surface area contributed by atoms with Crippen LogP contribution in [0, 0.1) is 11.6 Å². The fourth-order valence-corrected chi connectivity index (χ4v) is 2.64. The summed E-state index contributed by atoms with van der Waals surface area (Å²) < 4.78 is 37.4. The molecule has 0 heterocycles. The van der Waals surface area contributed by atoms with E-state index in [1.165, 1.54) is 13.3 Å². The zero-order valence-corrected chi connectivity index (χ0v) is 16.7. The van der Waals surface area contributed by atoms with Crippen molar-refractivity contribution < 1.29 is 27.9 Å². The summed E-state index contributed by atoms with van der Waals surface area (Å²) in [4.78, 5) is 16.7.